The summed E-state index contributed by atoms with van der Waals surface area (Å²) in [6.45, 7) is -0.973. The zero-order chi connectivity index (χ0) is 25.7. The van der Waals surface area contributed by atoms with Crippen LogP contribution in [-0.2, 0) is 6.42 Å². The second kappa shape index (κ2) is 11.5. The standard InChI is InChI=1S/C30H27F5O/c1-2-3-4-5-6-7-19-8-12-23(26(31)16-19)22-9-13-24(27(32)18-22)20-10-14-25-21(17-20)11-15-28(29(25)33)36-30(34)35/h8-18,30H,2-7H2,1H3. The normalized spacial score (nSPS) is 11.4. The Labute approximate surface area is 207 Å². The van der Waals surface area contributed by atoms with Crippen LogP contribution in [0.5, 0.6) is 5.75 Å². The van der Waals surface area contributed by atoms with Gasteiger partial charge < -0.3 is 4.74 Å². The first-order valence-electron chi connectivity index (χ1n) is 12.1. The van der Waals surface area contributed by atoms with Crippen LogP contribution in [0.25, 0.3) is 33.0 Å². The molecule has 0 unspecified atom stereocenters. The predicted molar refractivity (Wildman–Crippen MR) is 134 cm³/mol. The lowest BCUT2D eigenvalue weighted by Crippen LogP contribution is -2.03. The Morgan fingerprint density at radius 1 is 0.694 bits per heavy atom. The van der Waals surface area contributed by atoms with Crippen molar-refractivity contribution < 1.29 is 26.7 Å². The lowest BCUT2D eigenvalue weighted by atomic mass is 9.96. The van der Waals surface area contributed by atoms with Gasteiger partial charge in [0.2, 0.25) is 0 Å². The van der Waals surface area contributed by atoms with E-state index in [-0.39, 0.29) is 10.9 Å². The highest BCUT2D eigenvalue weighted by molar-refractivity contribution is 5.89. The van der Waals surface area contributed by atoms with Gasteiger partial charge in [0.1, 0.15) is 11.6 Å². The van der Waals surface area contributed by atoms with E-state index >= 15 is 4.39 Å². The SMILES string of the molecule is CCCCCCCc1ccc(-c2ccc(-c3ccc4c(F)c(OC(F)F)ccc4c3)c(F)c2)c(F)c1. The van der Waals surface area contributed by atoms with E-state index in [1.54, 1.807) is 24.3 Å². The van der Waals surface area contributed by atoms with Crippen LogP contribution in [0.3, 0.4) is 0 Å². The second-order valence-corrected chi connectivity index (χ2v) is 8.87. The van der Waals surface area contributed by atoms with E-state index in [9.17, 15) is 17.6 Å². The van der Waals surface area contributed by atoms with E-state index in [0.717, 1.165) is 30.9 Å². The molecule has 0 bridgehead atoms. The molecular weight excluding hydrogens is 471 g/mol. The molecule has 0 spiro atoms. The molecule has 0 N–H and O–H groups in total. The van der Waals surface area contributed by atoms with Crippen molar-refractivity contribution in [2.75, 3.05) is 0 Å². The van der Waals surface area contributed by atoms with Gasteiger partial charge in [-0.2, -0.15) is 8.78 Å². The first kappa shape index (κ1) is 25.7. The molecule has 0 amide bonds. The minimum atomic E-state index is -3.14. The molecule has 0 saturated heterocycles. The fraction of sp³-hybridized carbons (Fsp3) is 0.267. The van der Waals surface area contributed by atoms with Crippen molar-refractivity contribution in [3.8, 4) is 28.0 Å². The van der Waals surface area contributed by atoms with Gasteiger partial charge in [0, 0.05) is 16.5 Å². The third kappa shape index (κ3) is 5.86. The predicted octanol–water partition coefficient (Wildman–Crippen LogP) is 9.71. The Bertz CT molecular complexity index is 1350. The van der Waals surface area contributed by atoms with E-state index < -0.39 is 29.8 Å². The van der Waals surface area contributed by atoms with Crippen LogP contribution in [0.15, 0.2) is 66.7 Å². The number of benzene rings is 4. The number of halogens is 5. The van der Waals surface area contributed by atoms with Gasteiger partial charge in [0.25, 0.3) is 0 Å². The molecule has 0 heterocycles. The summed E-state index contributed by atoms with van der Waals surface area (Å²) in [5.41, 5.74) is 2.41. The third-order valence-corrected chi connectivity index (χ3v) is 6.33. The summed E-state index contributed by atoms with van der Waals surface area (Å²) >= 11 is 0. The minimum Gasteiger partial charge on any atom is -0.432 e. The van der Waals surface area contributed by atoms with Crippen LogP contribution >= 0.6 is 0 Å². The summed E-state index contributed by atoms with van der Waals surface area (Å²) in [7, 11) is 0. The zero-order valence-corrected chi connectivity index (χ0v) is 20.0. The second-order valence-electron chi connectivity index (χ2n) is 8.87. The molecule has 36 heavy (non-hydrogen) atoms. The van der Waals surface area contributed by atoms with Gasteiger partial charge in [-0.3, -0.25) is 0 Å². The summed E-state index contributed by atoms with van der Waals surface area (Å²) in [5.74, 6) is -2.40. The van der Waals surface area contributed by atoms with Crippen LogP contribution in [0.4, 0.5) is 22.0 Å². The van der Waals surface area contributed by atoms with Gasteiger partial charge in [-0.05, 0) is 59.2 Å². The summed E-state index contributed by atoms with van der Waals surface area (Å²) in [5, 5.41) is 0.493. The highest BCUT2D eigenvalue weighted by Crippen LogP contribution is 2.34. The Morgan fingerprint density at radius 3 is 2.06 bits per heavy atom. The van der Waals surface area contributed by atoms with E-state index in [2.05, 4.69) is 11.7 Å². The molecule has 0 saturated carbocycles. The monoisotopic (exact) mass is 498 g/mol. The van der Waals surface area contributed by atoms with Gasteiger partial charge in [0.05, 0.1) is 0 Å². The maximum absolute atomic E-state index is 15.1. The zero-order valence-electron chi connectivity index (χ0n) is 20.0. The summed E-state index contributed by atoms with van der Waals surface area (Å²) in [6.07, 6.45) is 6.52. The summed E-state index contributed by atoms with van der Waals surface area (Å²) < 4.78 is 73.5. The average molecular weight is 499 g/mol. The molecule has 0 fully saturated rings. The molecule has 0 aliphatic carbocycles. The number of hydrogen-bond donors (Lipinski definition) is 0. The van der Waals surface area contributed by atoms with Crippen molar-refractivity contribution in [2.45, 2.75) is 52.1 Å². The molecule has 0 aromatic heterocycles. The Balaban J connectivity index is 1.54. The Hall–Kier alpha value is -3.41. The molecule has 4 aromatic carbocycles. The molecule has 0 radical (unpaired) electrons. The van der Waals surface area contributed by atoms with Crippen LogP contribution in [0.2, 0.25) is 0 Å². The van der Waals surface area contributed by atoms with E-state index in [1.165, 1.54) is 49.6 Å². The Morgan fingerprint density at radius 2 is 1.36 bits per heavy atom. The van der Waals surface area contributed by atoms with Crippen molar-refractivity contribution in [1.82, 2.24) is 0 Å². The fourth-order valence-corrected chi connectivity index (χ4v) is 4.42. The number of ether oxygens (including phenoxy) is 1. The molecule has 0 aliphatic heterocycles. The van der Waals surface area contributed by atoms with Gasteiger partial charge in [-0.1, -0.05) is 75.1 Å². The van der Waals surface area contributed by atoms with Crippen molar-refractivity contribution in [1.29, 1.82) is 0 Å². The number of unbranched alkanes of at least 4 members (excludes halogenated alkanes) is 4. The third-order valence-electron chi connectivity index (χ3n) is 6.33. The van der Waals surface area contributed by atoms with Gasteiger partial charge in [-0.15, -0.1) is 0 Å². The fourth-order valence-electron chi connectivity index (χ4n) is 4.42. The van der Waals surface area contributed by atoms with E-state index in [4.69, 9.17) is 0 Å². The molecule has 4 rings (SSSR count). The number of alkyl halides is 2. The van der Waals surface area contributed by atoms with Gasteiger partial charge >= 0.3 is 6.61 Å². The number of hydrogen-bond acceptors (Lipinski definition) is 1. The largest absolute Gasteiger partial charge is 0.432 e. The van der Waals surface area contributed by atoms with E-state index in [0.29, 0.717) is 22.1 Å². The van der Waals surface area contributed by atoms with Crippen LogP contribution in [0, 0.1) is 17.5 Å². The van der Waals surface area contributed by atoms with Crippen molar-refractivity contribution in [3.63, 3.8) is 0 Å². The van der Waals surface area contributed by atoms with Crippen molar-refractivity contribution >= 4 is 10.8 Å². The number of aryl methyl sites for hydroxylation is 1. The van der Waals surface area contributed by atoms with E-state index in [1.807, 2.05) is 6.07 Å². The molecule has 0 aliphatic rings. The first-order chi connectivity index (χ1) is 17.4. The summed E-state index contributed by atoms with van der Waals surface area (Å²) in [6, 6.07) is 16.6. The average Bonchev–Trinajstić information content (AvgIpc) is 2.85. The Kier molecular flexibility index (Phi) is 8.24. The number of rotatable bonds is 10. The molecule has 188 valence electrons. The lowest BCUT2D eigenvalue weighted by Gasteiger charge is -2.11. The minimum absolute atomic E-state index is 0.0847. The molecule has 4 aromatic rings. The molecular formula is C30H27F5O. The van der Waals surface area contributed by atoms with Crippen LogP contribution < -0.4 is 4.74 Å². The topological polar surface area (TPSA) is 9.23 Å². The molecule has 0 atom stereocenters. The van der Waals surface area contributed by atoms with Crippen LogP contribution in [0.1, 0.15) is 44.6 Å². The van der Waals surface area contributed by atoms with Gasteiger partial charge in [-0.25, -0.2) is 13.2 Å². The highest BCUT2D eigenvalue weighted by atomic mass is 19.3. The van der Waals surface area contributed by atoms with Crippen molar-refractivity contribution in [3.05, 3.63) is 89.7 Å². The smallest absolute Gasteiger partial charge is 0.387 e. The lowest BCUT2D eigenvalue weighted by molar-refractivity contribution is -0.0520. The number of fused-ring (bicyclic) bond motifs is 1. The highest BCUT2D eigenvalue weighted by Gasteiger charge is 2.15. The first-order valence-corrected chi connectivity index (χ1v) is 12.1. The van der Waals surface area contributed by atoms with Crippen molar-refractivity contribution in [2.24, 2.45) is 0 Å². The van der Waals surface area contributed by atoms with Gasteiger partial charge in [0.15, 0.2) is 11.6 Å². The quantitative estimate of drug-likeness (QED) is 0.156. The maximum atomic E-state index is 15.1. The maximum Gasteiger partial charge on any atom is 0.387 e. The molecule has 6 heteroatoms. The van der Waals surface area contributed by atoms with Crippen LogP contribution in [-0.4, -0.2) is 6.61 Å². The molecule has 1 nitrogen and oxygen atoms in total. The summed E-state index contributed by atoms with van der Waals surface area (Å²) in [4.78, 5) is 0.